The number of hydrogen-bond donors (Lipinski definition) is 2. The first-order chi connectivity index (χ1) is 7.88. The molecule has 0 saturated heterocycles. The topological polar surface area (TPSA) is 55.1 Å². The monoisotopic (exact) mass is 318 g/mol. The van der Waals surface area contributed by atoms with Crippen LogP contribution in [0, 0.1) is 5.92 Å². The van der Waals surface area contributed by atoms with Crippen molar-refractivity contribution >= 4 is 33.2 Å². The second kappa shape index (κ2) is 5.98. The molecule has 1 heterocycles. The third kappa shape index (κ3) is 4.08. The van der Waals surface area contributed by atoms with Crippen molar-refractivity contribution in [1.29, 1.82) is 0 Å². The van der Waals surface area contributed by atoms with Crippen LogP contribution in [0.4, 0.5) is 0 Å². The van der Waals surface area contributed by atoms with Crippen molar-refractivity contribution in [1.82, 2.24) is 5.32 Å². The van der Waals surface area contributed by atoms with Gasteiger partial charge in [-0.3, -0.25) is 4.79 Å². The number of amides is 1. The van der Waals surface area contributed by atoms with E-state index >= 15 is 0 Å². The molecule has 0 aliphatic rings. The lowest BCUT2D eigenvalue weighted by Crippen LogP contribution is -2.52. The molecule has 3 nitrogen and oxygen atoms in total. The minimum Gasteiger partial charge on any atom is -0.345 e. The Morgan fingerprint density at radius 1 is 1.65 bits per heavy atom. The van der Waals surface area contributed by atoms with Crippen LogP contribution in [-0.2, 0) is 0 Å². The van der Waals surface area contributed by atoms with E-state index in [0.29, 0.717) is 17.3 Å². The van der Waals surface area contributed by atoms with Gasteiger partial charge in [0.1, 0.15) is 4.88 Å². The molecule has 1 rings (SSSR count). The summed E-state index contributed by atoms with van der Waals surface area (Å²) in [5.41, 5.74) is 5.43. The summed E-state index contributed by atoms with van der Waals surface area (Å²) in [7, 11) is 0. The van der Waals surface area contributed by atoms with Crippen molar-refractivity contribution in [3.63, 3.8) is 0 Å². The summed E-state index contributed by atoms with van der Waals surface area (Å²) in [6.07, 6.45) is 0.873. The van der Waals surface area contributed by atoms with Crippen LogP contribution in [0.3, 0.4) is 0 Å². The van der Waals surface area contributed by atoms with E-state index in [1.165, 1.54) is 11.3 Å². The summed E-state index contributed by atoms with van der Waals surface area (Å²) in [5, 5.41) is 4.92. The average molecular weight is 319 g/mol. The molecule has 0 spiro atoms. The molecule has 0 bridgehead atoms. The average Bonchev–Trinajstić information content (AvgIpc) is 2.63. The summed E-state index contributed by atoms with van der Waals surface area (Å²) in [6.45, 7) is 6.69. The molecule has 1 atom stereocenters. The van der Waals surface area contributed by atoms with E-state index in [2.05, 4.69) is 35.1 Å². The van der Waals surface area contributed by atoms with Gasteiger partial charge in [-0.05, 0) is 46.6 Å². The minimum absolute atomic E-state index is 0.0551. The predicted molar refractivity (Wildman–Crippen MR) is 76.4 cm³/mol. The van der Waals surface area contributed by atoms with Gasteiger partial charge >= 0.3 is 0 Å². The molecule has 1 amide bonds. The predicted octanol–water partition coefficient (Wildman–Crippen LogP) is 3.00. The van der Waals surface area contributed by atoms with Crippen molar-refractivity contribution in [2.24, 2.45) is 11.7 Å². The van der Waals surface area contributed by atoms with Crippen LogP contribution in [0.25, 0.3) is 0 Å². The van der Waals surface area contributed by atoms with E-state index < -0.39 is 0 Å². The van der Waals surface area contributed by atoms with Gasteiger partial charge in [0, 0.05) is 11.0 Å². The first-order valence-corrected chi connectivity index (χ1v) is 7.31. The van der Waals surface area contributed by atoms with Crippen molar-refractivity contribution in [2.75, 3.05) is 6.54 Å². The lowest BCUT2D eigenvalue weighted by Gasteiger charge is -2.31. The van der Waals surface area contributed by atoms with Crippen LogP contribution in [0.2, 0.25) is 0 Å². The van der Waals surface area contributed by atoms with Gasteiger partial charge in [-0.25, -0.2) is 0 Å². The van der Waals surface area contributed by atoms with Crippen molar-refractivity contribution < 1.29 is 4.79 Å². The van der Waals surface area contributed by atoms with Crippen LogP contribution in [0.1, 0.15) is 36.9 Å². The maximum Gasteiger partial charge on any atom is 0.262 e. The third-order valence-electron chi connectivity index (χ3n) is 2.55. The molecular formula is C12H19BrN2OS. The first kappa shape index (κ1) is 14.7. The molecule has 0 fully saturated rings. The van der Waals surface area contributed by atoms with Gasteiger partial charge in [0.05, 0.1) is 5.54 Å². The number of halogens is 1. The van der Waals surface area contributed by atoms with E-state index in [-0.39, 0.29) is 11.4 Å². The van der Waals surface area contributed by atoms with Crippen molar-refractivity contribution in [3.8, 4) is 0 Å². The van der Waals surface area contributed by atoms with Gasteiger partial charge < -0.3 is 11.1 Å². The van der Waals surface area contributed by atoms with Gasteiger partial charge in [0.2, 0.25) is 0 Å². The maximum atomic E-state index is 12.1. The highest BCUT2D eigenvalue weighted by atomic mass is 79.9. The van der Waals surface area contributed by atoms with Gasteiger partial charge in [-0.1, -0.05) is 13.8 Å². The Balaban J connectivity index is 2.75. The van der Waals surface area contributed by atoms with Crippen molar-refractivity contribution in [3.05, 3.63) is 20.8 Å². The lowest BCUT2D eigenvalue weighted by atomic mass is 9.90. The number of carbonyl (C=O) groups is 1. The van der Waals surface area contributed by atoms with Crippen molar-refractivity contribution in [2.45, 2.75) is 32.7 Å². The molecule has 0 saturated carbocycles. The molecule has 5 heteroatoms. The van der Waals surface area contributed by atoms with Crippen LogP contribution >= 0.6 is 27.3 Å². The SMILES string of the molecule is CC(C)CC(C)(CN)NC(=O)c1sccc1Br. The Morgan fingerprint density at radius 3 is 2.71 bits per heavy atom. The van der Waals surface area contributed by atoms with Gasteiger partial charge in [0.25, 0.3) is 5.91 Å². The summed E-state index contributed by atoms with van der Waals surface area (Å²) >= 11 is 4.79. The summed E-state index contributed by atoms with van der Waals surface area (Å²) in [5.74, 6) is 0.441. The highest BCUT2D eigenvalue weighted by Crippen LogP contribution is 2.24. The standard InChI is InChI=1S/C12H19BrN2OS/c1-8(2)6-12(3,7-14)15-11(16)10-9(13)4-5-17-10/h4-5,8H,6-7,14H2,1-3H3,(H,15,16). The lowest BCUT2D eigenvalue weighted by molar-refractivity contribution is 0.0902. The summed E-state index contributed by atoms with van der Waals surface area (Å²) in [4.78, 5) is 12.8. The molecular weight excluding hydrogens is 300 g/mol. The second-order valence-electron chi connectivity index (χ2n) is 4.91. The number of thiophene rings is 1. The fourth-order valence-electron chi connectivity index (χ4n) is 1.87. The highest BCUT2D eigenvalue weighted by Gasteiger charge is 2.27. The van der Waals surface area contributed by atoms with Gasteiger partial charge in [-0.2, -0.15) is 0 Å². The molecule has 1 aromatic heterocycles. The van der Waals surface area contributed by atoms with Crippen LogP contribution in [0.5, 0.6) is 0 Å². The zero-order valence-electron chi connectivity index (χ0n) is 10.4. The zero-order valence-corrected chi connectivity index (χ0v) is 12.8. The van der Waals surface area contributed by atoms with Crippen LogP contribution in [0.15, 0.2) is 15.9 Å². The smallest absolute Gasteiger partial charge is 0.262 e. The Kier molecular flexibility index (Phi) is 5.16. The maximum absolute atomic E-state index is 12.1. The minimum atomic E-state index is -0.339. The van der Waals surface area contributed by atoms with Gasteiger partial charge in [-0.15, -0.1) is 11.3 Å². The van der Waals surface area contributed by atoms with Gasteiger partial charge in [0.15, 0.2) is 0 Å². The Labute approximate surface area is 115 Å². The second-order valence-corrected chi connectivity index (χ2v) is 6.68. The number of hydrogen-bond acceptors (Lipinski definition) is 3. The first-order valence-electron chi connectivity index (χ1n) is 5.63. The number of nitrogens with two attached hydrogens (primary N) is 1. The normalized spacial score (nSPS) is 14.7. The Morgan fingerprint density at radius 2 is 2.29 bits per heavy atom. The number of carbonyl (C=O) groups excluding carboxylic acids is 1. The van der Waals surface area contributed by atoms with E-state index in [9.17, 15) is 4.79 Å². The molecule has 1 aromatic rings. The Bertz CT molecular complexity index is 392. The largest absolute Gasteiger partial charge is 0.345 e. The zero-order chi connectivity index (χ0) is 13.1. The molecule has 0 radical (unpaired) electrons. The molecule has 0 aliphatic carbocycles. The fraction of sp³-hybridized carbons (Fsp3) is 0.583. The molecule has 0 aromatic carbocycles. The number of rotatable bonds is 5. The molecule has 1 unspecified atom stereocenters. The fourth-order valence-corrected chi connectivity index (χ4v) is 3.32. The van der Waals surface area contributed by atoms with Crippen LogP contribution < -0.4 is 11.1 Å². The van der Waals surface area contributed by atoms with Crippen LogP contribution in [-0.4, -0.2) is 18.0 Å². The molecule has 96 valence electrons. The molecule has 3 N–H and O–H groups in total. The summed E-state index contributed by atoms with van der Waals surface area (Å²) in [6, 6.07) is 1.88. The Hall–Kier alpha value is -0.390. The number of nitrogens with one attached hydrogen (secondary N) is 1. The quantitative estimate of drug-likeness (QED) is 0.876. The highest BCUT2D eigenvalue weighted by molar-refractivity contribution is 9.10. The summed E-state index contributed by atoms with van der Waals surface area (Å²) < 4.78 is 0.837. The van der Waals surface area contributed by atoms with E-state index in [1.54, 1.807) is 0 Å². The van der Waals surface area contributed by atoms with E-state index in [0.717, 1.165) is 10.9 Å². The molecule has 17 heavy (non-hydrogen) atoms. The molecule has 0 aliphatic heterocycles. The third-order valence-corrected chi connectivity index (χ3v) is 4.38. The van der Waals surface area contributed by atoms with E-state index in [1.807, 2.05) is 18.4 Å². The van der Waals surface area contributed by atoms with E-state index in [4.69, 9.17) is 5.73 Å².